The van der Waals surface area contributed by atoms with Gasteiger partial charge in [-0.05, 0) is 153 Å². The Morgan fingerprint density at radius 2 is 1.19 bits per heavy atom. The molecule has 7 aromatic carbocycles. The van der Waals surface area contributed by atoms with Crippen molar-refractivity contribution in [2.24, 2.45) is 0 Å². The van der Waals surface area contributed by atoms with E-state index in [4.69, 9.17) is 4.42 Å². The number of anilines is 6. The predicted molar refractivity (Wildman–Crippen MR) is 301 cm³/mol. The minimum atomic E-state index is -0.200. The van der Waals surface area contributed by atoms with Crippen LogP contribution in [-0.4, -0.2) is 6.71 Å². The van der Waals surface area contributed by atoms with Gasteiger partial charge in [0.05, 0.1) is 11.4 Å². The van der Waals surface area contributed by atoms with Gasteiger partial charge in [0.15, 0.2) is 5.58 Å². The van der Waals surface area contributed by atoms with Gasteiger partial charge in [0, 0.05) is 63.6 Å². The third-order valence-electron chi connectivity index (χ3n) is 18.0. The molecular formula is C64H61BN2OS2. The summed E-state index contributed by atoms with van der Waals surface area (Å²) < 4.78 is 9.91. The molecule has 348 valence electrons. The van der Waals surface area contributed by atoms with Crippen LogP contribution in [0.4, 0.5) is 34.1 Å². The van der Waals surface area contributed by atoms with Crippen LogP contribution < -0.4 is 25.5 Å². The Labute approximate surface area is 422 Å². The zero-order valence-corrected chi connectivity index (χ0v) is 44.2. The minimum Gasteiger partial charge on any atom is -0.454 e. The van der Waals surface area contributed by atoms with Gasteiger partial charge in [0.2, 0.25) is 0 Å². The Bertz CT molecular complexity index is 3790. The molecule has 0 N–H and O–H groups in total. The highest BCUT2D eigenvalue weighted by Crippen LogP contribution is 2.57. The van der Waals surface area contributed by atoms with Crippen molar-refractivity contribution in [2.45, 2.75) is 139 Å². The lowest BCUT2D eigenvalue weighted by molar-refractivity contribution is 0.332. The summed E-state index contributed by atoms with van der Waals surface area (Å²) in [5.41, 5.74) is 22.2. The molecule has 3 nitrogen and oxygen atoms in total. The maximum absolute atomic E-state index is 7.00. The van der Waals surface area contributed by atoms with Crippen LogP contribution in [0, 0.1) is 6.92 Å². The van der Waals surface area contributed by atoms with Crippen molar-refractivity contribution in [1.29, 1.82) is 0 Å². The Morgan fingerprint density at radius 1 is 0.514 bits per heavy atom. The van der Waals surface area contributed by atoms with Gasteiger partial charge in [-0.3, -0.25) is 0 Å². The van der Waals surface area contributed by atoms with Crippen LogP contribution in [0.3, 0.4) is 0 Å². The molecule has 0 bridgehead atoms. The van der Waals surface area contributed by atoms with Crippen LogP contribution >= 0.6 is 23.1 Å². The summed E-state index contributed by atoms with van der Waals surface area (Å²) in [5, 5.41) is 3.67. The fourth-order valence-corrected chi connectivity index (χ4v) is 16.9. The first-order valence-corrected chi connectivity index (χ1v) is 27.3. The van der Waals surface area contributed by atoms with Crippen molar-refractivity contribution in [3.8, 4) is 0 Å². The van der Waals surface area contributed by atoms with Crippen LogP contribution in [0.5, 0.6) is 0 Å². The molecule has 0 spiro atoms. The van der Waals surface area contributed by atoms with E-state index in [9.17, 15) is 0 Å². The maximum atomic E-state index is 7.00. The van der Waals surface area contributed by atoms with Crippen LogP contribution in [0.2, 0.25) is 0 Å². The molecule has 9 aromatic rings. The molecule has 0 fully saturated rings. The third kappa shape index (κ3) is 5.72. The molecule has 5 heterocycles. The SMILES string of the molecule is Cc1cc2c3c(c1)N(c1cccc4c1oc1ccccc14)c1cc4c(cc1B3c1sc3c5c(ccc3c1N2c1ccc2c(c1)C(C)(C)CCC2(C)C)C(C)(C)CCC5(C)C)C(C)(C)c1ccccc1S4. The van der Waals surface area contributed by atoms with Crippen molar-refractivity contribution >= 4 is 112 Å². The third-order valence-corrected chi connectivity index (χ3v) is 20.4. The highest BCUT2D eigenvalue weighted by Gasteiger charge is 2.49. The Balaban J connectivity index is 1.13. The number of para-hydroxylation sites is 2. The van der Waals surface area contributed by atoms with Crippen LogP contribution in [0.1, 0.15) is 134 Å². The fraction of sp³-hybridized carbons (Fsp3) is 0.312. The van der Waals surface area contributed by atoms with Gasteiger partial charge >= 0.3 is 0 Å². The molecule has 14 rings (SSSR count). The molecule has 0 unspecified atom stereocenters. The van der Waals surface area contributed by atoms with Gasteiger partial charge in [0.1, 0.15) is 5.58 Å². The minimum absolute atomic E-state index is 0.00186. The van der Waals surface area contributed by atoms with Crippen LogP contribution in [0.25, 0.3) is 32.0 Å². The van der Waals surface area contributed by atoms with E-state index < -0.39 is 0 Å². The van der Waals surface area contributed by atoms with Gasteiger partial charge in [-0.2, -0.15) is 0 Å². The Morgan fingerprint density at radius 3 is 1.99 bits per heavy atom. The van der Waals surface area contributed by atoms with E-state index in [0.717, 1.165) is 27.6 Å². The fourth-order valence-electron chi connectivity index (χ4n) is 13.9. The Hall–Kier alpha value is -5.69. The lowest BCUT2D eigenvalue weighted by Gasteiger charge is -2.45. The molecule has 0 saturated heterocycles. The second-order valence-electron chi connectivity index (χ2n) is 24.6. The van der Waals surface area contributed by atoms with E-state index >= 15 is 0 Å². The summed E-state index contributed by atoms with van der Waals surface area (Å²) in [4.78, 5) is 7.99. The first-order chi connectivity index (χ1) is 33.3. The highest BCUT2D eigenvalue weighted by molar-refractivity contribution is 7.99. The second kappa shape index (κ2) is 14.0. The summed E-state index contributed by atoms with van der Waals surface area (Å²) >= 11 is 4.03. The van der Waals surface area contributed by atoms with Gasteiger partial charge in [-0.1, -0.05) is 154 Å². The van der Waals surface area contributed by atoms with E-state index in [1.807, 2.05) is 11.8 Å². The summed E-state index contributed by atoms with van der Waals surface area (Å²) in [6, 6.07) is 47.2. The number of fused-ring (bicyclic) bond motifs is 14. The molecule has 0 radical (unpaired) electrons. The normalized spacial score (nSPS) is 19.3. The predicted octanol–water partition coefficient (Wildman–Crippen LogP) is 16.7. The van der Waals surface area contributed by atoms with E-state index in [1.165, 1.54) is 123 Å². The topological polar surface area (TPSA) is 19.6 Å². The zero-order chi connectivity index (χ0) is 48.2. The Kier molecular flexibility index (Phi) is 8.65. The number of rotatable bonds is 2. The molecule has 0 atom stereocenters. The first kappa shape index (κ1) is 43.1. The standard InChI is InChI=1S/C64H61BN2OS2/c1-36-31-49-55-50(32-36)67(47-20-16-18-39-38-17-12-14-21-51(38)68-57(39)47)48-35-53-45(64(10,11)42-19-13-15-22-52(42)69-53)34-46(48)65(55)59-56(40-24-26-43-54(58(40)70-59)63(8,9)30-29-61(43,4)5)66(49)37-23-25-41-44(33-37)62(6,7)28-27-60(41,2)3/h12-26,31-35H,27-30H2,1-11H3. The number of hydrogen-bond acceptors (Lipinski definition) is 5. The molecule has 3 aliphatic heterocycles. The maximum Gasteiger partial charge on any atom is 0.264 e. The number of hydrogen-bond donors (Lipinski definition) is 0. The molecular weight excluding hydrogens is 888 g/mol. The number of furan rings is 1. The summed E-state index contributed by atoms with van der Waals surface area (Å²) in [5.74, 6) is 0. The van der Waals surface area contributed by atoms with Gasteiger partial charge < -0.3 is 14.2 Å². The molecule has 0 saturated carbocycles. The van der Waals surface area contributed by atoms with Crippen molar-refractivity contribution in [1.82, 2.24) is 0 Å². The molecule has 5 aliphatic rings. The van der Waals surface area contributed by atoms with E-state index in [1.54, 1.807) is 5.56 Å². The number of nitrogens with zero attached hydrogens (tertiary/aromatic N) is 2. The molecule has 2 aromatic heterocycles. The number of benzene rings is 7. The lowest BCUT2D eigenvalue weighted by Crippen LogP contribution is -2.60. The second-order valence-corrected chi connectivity index (χ2v) is 26.8. The summed E-state index contributed by atoms with van der Waals surface area (Å²) in [6.07, 6.45) is 4.73. The molecule has 6 heteroatoms. The van der Waals surface area contributed by atoms with E-state index in [2.05, 4.69) is 219 Å². The number of thiophene rings is 1. The monoisotopic (exact) mass is 948 g/mol. The lowest BCUT2D eigenvalue weighted by atomic mass is 9.36. The van der Waals surface area contributed by atoms with E-state index in [-0.39, 0.29) is 33.8 Å². The quantitative estimate of drug-likeness (QED) is 0.161. The summed E-state index contributed by atoms with van der Waals surface area (Å²) in [7, 11) is 0. The molecule has 0 amide bonds. The average molecular weight is 949 g/mol. The zero-order valence-electron chi connectivity index (χ0n) is 42.6. The van der Waals surface area contributed by atoms with Crippen molar-refractivity contribution in [3.63, 3.8) is 0 Å². The smallest absolute Gasteiger partial charge is 0.264 e. The average Bonchev–Trinajstić information content (AvgIpc) is 3.90. The van der Waals surface area contributed by atoms with Crippen LogP contribution in [-0.2, 0) is 27.1 Å². The summed E-state index contributed by atoms with van der Waals surface area (Å²) in [6.45, 7) is 27.0. The highest BCUT2D eigenvalue weighted by atomic mass is 32.2. The molecule has 70 heavy (non-hydrogen) atoms. The van der Waals surface area contributed by atoms with Crippen molar-refractivity contribution in [2.75, 3.05) is 9.80 Å². The van der Waals surface area contributed by atoms with Crippen molar-refractivity contribution < 1.29 is 4.42 Å². The van der Waals surface area contributed by atoms with Crippen LogP contribution in [0.15, 0.2) is 136 Å². The van der Waals surface area contributed by atoms with Gasteiger partial charge in [-0.25, -0.2) is 0 Å². The molecule has 2 aliphatic carbocycles. The van der Waals surface area contributed by atoms with Crippen molar-refractivity contribution in [3.05, 3.63) is 160 Å². The van der Waals surface area contributed by atoms with E-state index in [0.29, 0.717) is 0 Å². The van der Waals surface area contributed by atoms with Gasteiger partial charge in [0.25, 0.3) is 6.71 Å². The van der Waals surface area contributed by atoms with Gasteiger partial charge in [-0.15, -0.1) is 11.3 Å². The number of aryl methyl sites for hydroxylation is 1. The largest absolute Gasteiger partial charge is 0.454 e. The first-order valence-electron chi connectivity index (χ1n) is 25.7.